The molecule has 0 aliphatic carbocycles. The summed E-state index contributed by atoms with van der Waals surface area (Å²) in [4.78, 5) is 12.3. The van der Waals surface area contributed by atoms with E-state index in [1.807, 2.05) is 55.5 Å². The Labute approximate surface area is 169 Å². The van der Waals surface area contributed by atoms with Gasteiger partial charge in [-0.15, -0.1) is 5.10 Å². The van der Waals surface area contributed by atoms with E-state index in [1.165, 1.54) is 6.33 Å². The van der Waals surface area contributed by atoms with Gasteiger partial charge in [0, 0.05) is 5.69 Å². The van der Waals surface area contributed by atoms with Gasteiger partial charge in [-0.2, -0.15) is 0 Å². The van der Waals surface area contributed by atoms with Gasteiger partial charge in [-0.05, 0) is 73.9 Å². The molecule has 0 aliphatic heterocycles. The number of tetrazole rings is 1. The minimum absolute atomic E-state index is 0.0925. The number of nitrogens with one attached hydrogen (secondary N) is 1. The molecule has 3 aromatic carbocycles. The van der Waals surface area contributed by atoms with E-state index >= 15 is 0 Å². The smallest absolute Gasteiger partial charge is 0.262 e. The average molecular weight is 438 g/mol. The van der Waals surface area contributed by atoms with Gasteiger partial charge in [-0.25, -0.2) is 4.68 Å². The number of halogens is 1. The maximum atomic E-state index is 12.3. The van der Waals surface area contributed by atoms with E-state index in [9.17, 15) is 4.79 Å². The van der Waals surface area contributed by atoms with Gasteiger partial charge in [-0.1, -0.05) is 30.3 Å². The van der Waals surface area contributed by atoms with E-state index in [2.05, 4.69) is 36.8 Å². The van der Waals surface area contributed by atoms with Gasteiger partial charge in [0.2, 0.25) is 0 Å². The Balaban J connectivity index is 1.42. The molecule has 0 spiro atoms. The van der Waals surface area contributed by atoms with Crippen LogP contribution in [0, 0.1) is 6.92 Å². The van der Waals surface area contributed by atoms with Gasteiger partial charge >= 0.3 is 0 Å². The molecule has 28 heavy (non-hydrogen) atoms. The Kier molecular flexibility index (Phi) is 5.03. The topological polar surface area (TPSA) is 81.9 Å². The van der Waals surface area contributed by atoms with Crippen LogP contribution >= 0.6 is 15.9 Å². The van der Waals surface area contributed by atoms with E-state index in [1.54, 1.807) is 10.7 Å². The van der Waals surface area contributed by atoms with Crippen molar-refractivity contribution in [2.75, 3.05) is 11.9 Å². The highest BCUT2D eigenvalue weighted by atomic mass is 79.9. The zero-order valence-corrected chi connectivity index (χ0v) is 16.5. The van der Waals surface area contributed by atoms with Crippen LogP contribution in [0.5, 0.6) is 5.75 Å². The first-order chi connectivity index (χ1) is 13.6. The van der Waals surface area contributed by atoms with Crippen molar-refractivity contribution in [2.24, 2.45) is 0 Å². The summed E-state index contributed by atoms with van der Waals surface area (Å²) in [6.45, 7) is 1.83. The molecule has 1 aromatic heterocycles. The maximum Gasteiger partial charge on any atom is 0.262 e. The number of carbonyl (C=O) groups excluding carboxylic acids is 1. The monoisotopic (exact) mass is 437 g/mol. The number of ether oxygens (including phenoxy) is 1. The molecular weight excluding hydrogens is 422 g/mol. The summed E-state index contributed by atoms with van der Waals surface area (Å²) in [6.07, 6.45) is 1.52. The second-order valence-electron chi connectivity index (χ2n) is 6.19. The van der Waals surface area contributed by atoms with Crippen molar-refractivity contribution in [1.29, 1.82) is 0 Å². The molecule has 0 radical (unpaired) electrons. The first kappa shape index (κ1) is 18.1. The van der Waals surface area contributed by atoms with Crippen molar-refractivity contribution < 1.29 is 9.53 Å². The SMILES string of the molecule is Cc1cc(NC(=O)COc2ccc3ccccc3c2Br)ccc1-n1cnnn1. The van der Waals surface area contributed by atoms with Crippen LogP contribution < -0.4 is 10.1 Å². The van der Waals surface area contributed by atoms with Crippen LogP contribution in [0.25, 0.3) is 16.5 Å². The molecule has 0 unspecified atom stereocenters. The Morgan fingerprint density at radius 3 is 2.82 bits per heavy atom. The molecule has 0 saturated heterocycles. The minimum atomic E-state index is -0.241. The van der Waals surface area contributed by atoms with Crippen LogP contribution in [0.3, 0.4) is 0 Å². The lowest BCUT2D eigenvalue weighted by atomic mass is 10.1. The summed E-state index contributed by atoms with van der Waals surface area (Å²) < 4.78 is 8.11. The number of hydrogen-bond acceptors (Lipinski definition) is 5. The summed E-state index contributed by atoms with van der Waals surface area (Å²) in [5.74, 6) is 0.383. The predicted octanol–water partition coefficient (Wildman–Crippen LogP) is 3.90. The number of rotatable bonds is 5. The Morgan fingerprint density at radius 2 is 2.04 bits per heavy atom. The summed E-state index contributed by atoms with van der Waals surface area (Å²) in [5, 5.41) is 16.1. The fourth-order valence-electron chi connectivity index (χ4n) is 2.93. The highest BCUT2D eigenvalue weighted by Crippen LogP contribution is 2.33. The summed E-state index contributed by atoms with van der Waals surface area (Å²) in [7, 11) is 0. The molecule has 1 heterocycles. The van der Waals surface area contributed by atoms with Crippen LogP contribution in [0.15, 0.2) is 65.4 Å². The van der Waals surface area contributed by atoms with E-state index in [0.717, 1.165) is 26.5 Å². The van der Waals surface area contributed by atoms with Gasteiger partial charge in [0.1, 0.15) is 12.1 Å². The predicted molar refractivity (Wildman–Crippen MR) is 110 cm³/mol. The molecule has 4 aromatic rings. The molecule has 0 saturated carbocycles. The Morgan fingerprint density at radius 1 is 1.18 bits per heavy atom. The zero-order valence-electron chi connectivity index (χ0n) is 15.0. The number of amides is 1. The molecular formula is C20H16BrN5O2. The second-order valence-corrected chi connectivity index (χ2v) is 6.98. The number of nitrogens with zero attached hydrogens (tertiary/aromatic N) is 4. The van der Waals surface area contributed by atoms with Crippen LogP contribution in [-0.4, -0.2) is 32.7 Å². The fraction of sp³-hybridized carbons (Fsp3) is 0.100. The van der Waals surface area contributed by atoms with Crippen LogP contribution in [0.4, 0.5) is 5.69 Å². The van der Waals surface area contributed by atoms with Gasteiger partial charge < -0.3 is 10.1 Å². The average Bonchev–Trinajstić information content (AvgIpc) is 3.22. The largest absolute Gasteiger partial charge is 0.483 e. The van der Waals surface area contributed by atoms with E-state index in [4.69, 9.17) is 4.74 Å². The Hall–Kier alpha value is -3.26. The van der Waals surface area contributed by atoms with Gasteiger partial charge in [0.05, 0.1) is 10.2 Å². The number of fused-ring (bicyclic) bond motifs is 1. The molecule has 0 aliphatic rings. The number of hydrogen-bond donors (Lipinski definition) is 1. The number of benzene rings is 3. The number of carbonyl (C=O) groups is 1. The van der Waals surface area contributed by atoms with E-state index in [-0.39, 0.29) is 12.5 Å². The molecule has 1 amide bonds. The normalized spacial score (nSPS) is 10.8. The van der Waals surface area contributed by atoms with E-state index in [0.29, 0.717) is 11.4 Å². The molecule has 0 atom stereocenters. The molecule has 4 rings (SSSR count). The van der Waals surface area contributed by atoms with Crippen LogP contribution in [-0.2, 0) is 4.79 Å². The summed E-state index contributed by atoms with van der Waals surface area (Å²) in [5.41, 5.74) is 2.46. The highest BCUT2D eigenvalue weighted by molar-refractivity contribution is 9.10. The van der Waals surface area contributed by atoms with Gasteiger partial charge in [-0.3, -0.25) is 4.79 Å². The van der Waals surface area contributed by atoms with Crippen molar-refractivity contribution in [3.8, 4) is 11.4 Å². The highest BCUT2D eigenvalue weighted by Gasteiger charge is 2.10. The zero-order chi connectivity index (χ0) is 19.5. The standard InChI is InChI=1S/C20H16BrN5O2/c1-13-10-15(7-8-17(13)26-12-22-24-25-26)23-19(27)11-28-18-9-6-14-4-2-3-5-16(14)20(18)21/h2-10,12H,11H2,1H3,(H,23,27). The number of aryl methyl sites for hydroxylation is 1. The molecule has 0 fully saturated rings. The van der Waals surface area contributed by atoms with Gasteiger partial charge in [0.25, 0.3) is 5.91 Å². The molecule has 8 heteroatoms. The van der Waals surface area contributed by atoms with Crippen molar-refractivity contribution >= 4 is 38.3 Å². The van der Waals surface area contributed by atoms with Gasteiger partial charge in [0.15, 0.2) is 6.61 Å². The molecule has 140 valence electrons. The van der Waals surface area contributed by atoms with Crippen LogP contribution in [0.2, 0.25) is 0 Å². The van der Waals surface area contributed by atoms with Crippen molar-refractivity contribution in [3.63, 3.8) is 0 Å². The summed E-state index contributed by atoms with van der Waals surface area (Å²) >= 11 is 3.56. The third kappa shape index (κ3) is 3.72. The summed E-state index contributed by atoms with van der Waals surface area (Å²) in [6, 6.07) is 17.3. The molecule has 7 nitrogen and oxygen atoms in total. The third-order valence-corrected chi connectivity index (χ3v) is 5.08. The third-order valence-electron chi connectivity index (χ3n) is 4.26. The number of aromatic nitrogens is 4. The van der Waals surface area contributed by atoms with Crippen molar-refractivity contribution in [2.45, 2.75) is 6.92 Å². The molecule has 0 bridgehead atoms. The quantitative estimate of drug-likeness (QED) is 0.511. The first-order valence-electron chi connectivity index (χ1n) is 8.56. The minimum Gasteiger partial charge on any atom is -0.483 e. The fourth-order valence-corrected chi connectivity index (χ4v) is 3.54. The van der Waals surface area contributed by atoms with Crippen molar-refractivity contribution in [1.82, 2.24) is 20.2 Å². The molecule has 1 N–H and O–H groups in total. The van der Waals surface area contributed by atoms with Crippen molar-refractivity contribution in [3.05, 3.63) is 71.0 Å². The van der Waals surface area contributed by atoms with Crippen LogP contribution in [0.1, 0.15) is 5.56 Å². The Bertz CT molecular complexity index is 1140. The maximum absolute atomic E-state index is 12.3. The lowest BCUT2D eigenvalue weighted by Gasteiger charge is -2.12. The lowest BCUT2D eigenvalue weighted by Crippen LogP contribution is -2.20. The lowest BCUT2D eigenvalue weighted by molar-refractivity contribution is -0.118. The first-order valence-corrected chi connectivity index (χ1v) is 9.35. The van der Waals surface area contributed by atoms with E-state index < -0.39 is 0 Å². The second kappa shape index (κ2) is 7.77. The number of anilines is 1.